The van der Waals surface area contributed by atoms with Gasteiger partial charge >= 0.3 is 11.9 Å². The minimum atomic E-state index is -0.667. The lowest BCUT2D eigenvalue weighted by molar-refractivity contribution is -0.297. The summed E-state index contributed by atoms with van der Waals surface area (Å²) in [7, 11) is 0. The first-order valence-corrected chi connectivity index (χ1v) is 29.5. The van der Waals surface area contributed by atoms with Crippen molar-refractivity contribution in [3.05, 3.63) is 184 Å². The molecule has 5 aromatic carbocycles. The summed E-state index contributed by atoms with van der Waals surface area (Å²) in [5.41, 5.74) is 6.16. The maximum absolute atomic E-state index is 15.0. The van der Waals surface area contributed by atoms with Crippen LogP contribution in [0.3, 0.4) is 0 Å². The van der Waals surface area contributed by atoms with Gasteiger partial charge < -0.3 is 40.5 Å². The third kappa shape index (κ3) is 13.7. The molecule has 5 aromatic rings. The molecule has 450 valence electrons. The number of ether oxygens (including phenoxy) is 2. The quantitative estimate of drug-likeness (QED) is 0.0413. The van der Waals surface area contributed by atoms with E-state index in [0.29, 0.717) is 37.1 Å². The van der Waals surface area contributed by atoms with E-state index in [1.165, 1.54) is 10.1 Å². The Morgan fingerprint density at radius 1 is 0.558 bits per heavy atom. The van der Waals surface area contributed by atoms with Crippen LogP contribution >= 0.6 is 0 Å². The molecule has 0 bridgehead atoms. The zero-order valence-corrected chi connectivity index (χ0v) is 51.5. The van der Waals surface area contributed by atoms with Crippen LogP contribution in [-0.2, 0) is 33.4 Å². The smallest absolute Gasteiger partial charge is 0.306 e. The Morgan fingerprint density at radius 2 is 0.953 bits per heavy atom. The number of allylic oxidation sites excluding steroid dienone is 5. The number of amides is 2. The standard InChI is InChI=1S/C70H80N6O10/c1-43-13-21-47(22-14-43)73(48-23-15-44(2)16-24-48)51-29-31-55(57(37-51)71-59(77)33-35-61(79)85-53-39-67(5,6)75(83)68(7,8)40-53)63-65(81)64(66(63)82)56-32-30-52(74(49-25-17-45(3)18-26-49)50-27-19-46(4)20-28-50)38-58(56)72-60(78)34-36-62(80)86-54-41-69(9,10)76(84)70(11,12)42-54/h13-32,37-38,53-54,83-84H,33-36,39-42H2,1-12H3,(H2,71,72,77,78,81,82). The van der Waals surface area contributed by atoms with E-state index in [0.717, 1.165) is 45.0 Å². The fraction of sp³-hybridized carbons (Fsp3) is 0.371. The van der Waals surface area contributed by atoms with E-state index in [2.05, 4.69) is 10.6 Å². The Balaban J connectivity index is 1.08. The molecule has 4 N–H and O–H groups in total. The first kappa shape index (κ1) is 62.3. The molecule has 2 heterocycles. The highest BCUT2D eigenvalue weighted by Gasteiger charge is 2.48. The van der Waals surface area contributed by atoms with Crippen molar-refractivity contribution in [2.24, 2.45) is 0 Å². The van der Waals surface area contributed by atoms with Gasteiger partial charge in [0, 0.05) is 136 Å². The molecule has 0 aromatic heterocycles. The number of nitrogens with one attached hydrogen (secondary N) is 2. The summed E-state index contributed by atoms with van der Waals surface area (Å²) in [4.78, 5) is 72.2. The molecule has 0 saturated carbocycles. The molecule has 2 fully saturated rings. The van der Waals surface area contributed by atoms with Gasteiger partial charge in [0.2, 0.25) is 28.9 Å². The van der Waals surface area contributed by atoms with Crippen molar-refractivity contribution in [1.29, 1.82) is 0 Å². The lowest BCUT2D eigenvalue weighted by atomic mass is 9.78. The van der Waals surface area contributed by atoms with Crippen molar-refractivity contribution in [1.82, 2.24) is 20.0 Å². The number of piperidine rings is 2. The van der Waals surface area contributed by atoms with Crippen LogP contribution in [0.4, 0.5) is 34.1 Å². The Morgan fingerprint density at radius 3 is 1.37 bits per heavy atom. The minimum Gasteiger partial charge on any atom is -0.871 e. The number of hydrogen-bond donors (Lipinski definition) is 4. The van der Waals surface area contributed by atoms with E-state index in [1.54, 1.807) is 36.4 Å². The predicted octanol–water partition coefficient (Wildman–Crippen LogP) is 12.3. The molecule has 0 unspecified atom stereocenters. The van der Waals surface area contributed by atoms with Crippen LogP contribution in [0.1, 0.15) is 135 Å². The van der Waals surface area contributed by atoms with Crippen LogP contribution in [0.2, 0.25) is 0 Å². The molecule has 2 aliphatic heterocycles. The number of ketones is 1. The number of nitrogens with zero attached hydrogens (tertiary/aromatic N) is 4. The summed E-state index contributed by atoms with van der Waals surface area (Å²) < 4.78 is 13.8. The second-order valence-corrected chi connectivity index (χ2v) is 25.9. The highest BCUT2D eigenvalue weighted by molar-refractivity contribution is 6.40. The van der Waals surface area contributed by atoms with Gasteiger partial charge in [-0.2, -0.15) is 14.7 Å². The van der Waals surface area contributed by atoms with Crippen LogP contribution in [0, 0.1) is 27.7 Å². The maximum Gasteiger partial charge on any atom is 0.306 e. The number of hydroxylamine groups is 4. The van der Waals surface area contributed by atoms with Crippen molar-refractivity contribution in [3.8, 4) is 0 Å². The second kappa shape index (κ2) is 24.6. The Labute approximate surface area is 504 Å². The number of anilines is 4. The van der Waals surface area contributed by atoms with Gasteiger partial charge in [-0.25, -0.2) is 0 Å². The zero-order valence-electron chi connectivity index (χ0n) is 51.5. The van der Waals surface area contributed by atoms with E-state index in [4.69, 9.17) is 9.47 Å². The first-order valence-electron chi connectivity index (χ1n) is 29.5. The molecule has 0 atom stereocenters. The molecule has 2 amide bonds. The van der Waals surface area contributed by atoms with Gasteiger partial charge in [-0.15, -0.1) is 0 Å². The highest BCUT2D eigenvalue weighted by Crippen LogP contribution is 2.45. The summed E-state index contributed by atoms with van der Waals surface area (Å²) in [5, 5.41) is 45.2. The average Bonchev–Trinajstić information content (AvgIpc) is 0.802. The molecule has 2 aliphatic carbocycles. The number of carbonyl (C=O) groups excluding carboxylic acids is 5. The fourth-order valence-electron chi connectivity index (χ4n) is 12.4. The third-order valence-electron chi connectivity index (χ3n) is 16.6. The number of Topliss-reactive ketones (excluding diaryl/α,β-unsaturated/α-hetero) is 1. The van der Waals surface area contributed by atoms with Crippen LogP contribution in [0.25, 0.3) is 5.57 Å². The monoisotopic (exact) mass is 1160 g/mol. The molecule has 0 spiro atoms. The van der Waals surface area contributed by atoms with Crippen LogP contribution < -0.4 is 25.2 Å². The maximum atomic E-state index is 15.0. The van der Waals surface area contributed by atoms with Gasteiger partial charge in [-0.3, -0.25) is 24.0 Å². The van der Waals surface area contributed by atoms with Gasteiger partial charge in [0.25, 0.3) is 0 Å². The Hall–Kier alpha value is -8.28. The summed E-state index contributed by atoms with van der Waals surface area (Å²) in [5.74, 6) is -3.55. The molecular weight excluding hydrogens is 1080 g/mol. The SMILES string of the molecule is Cc1ccc(N(c2ccc(C)cc2)c2ccc(C3=C([O-])/C(=C4/C=CC(=[N+](c5ccc(C)cc5)c5ccc(C)cc5)C=C4NC(=O)CCC(=O)OC4CC(C)(C)N(O)C(C)(C)C4)C3=O)c(NC(=O)CCC(=O)OC3CC(C)(C)N(O)C(C)(C)C3)c2)cc1. The van der Waals surface area contributed by atoms with Crippen molar-refractivity contribution in [3.63, 3.8) is 0 Å². The number of carbonyl (C=O) groups is 5. The summed E-state index contributed by atoms with van der Waals surface area (Å²) in [6.45, 7) is 23.0. The predicted molar refractivity (Wildman–Crippen MR) is 333 cm³/mol. The van der Waals surface area contributed by atoms with Crippen molar-refractivity contribution >= 4 is 74.9 Å². The molecule has 16 nitrogen and oxygen atoms in total. The van der Waals surface area contributed by atoms with Crippen LogP contribution in [0.15, 0.2) is 156 Å². The zero-order chi connectivity index (χ0) is 62.2. The van der Waals surface area contributed by atoms with Gasteiger partial charge in [0.05, 0.1) is 24.2 Å². The number of esters is 2. The first-order chi connectivity index (χ1) is 40.5. The molecule has 86 heavy (non-hydrogen) atoms. The van der Waals surface area contributed by atoms with Gasteiger partial charge in [-0.05, 0) is 126 Å². The van der Waals surface area contributed by atoms with Crippen LogP contribution in [0.5, 0.6) is 0 Å². The lowest BCUT2D eigenvalue weighted by Crippen LogP contribution is -2.60. The number of benzene rings is 5. The summed E-state index contributed by atoms with van der Waals surface area (Å²) in [6.07, 6.45) is 4.59. The largest absolute Gasteiger partial charge is 0.871 e. The number of aryl methyl sites for hydroxylation is 4. The average molecular weight is 1170 g/mol. The third-order valence-corrected chi connectivity index (χ3v) is 16.6. The van der Waals surface area contributed by atoms with E-state index in [9.17, 15) is 29.6 Å². The van der Waals surface area contributed by atoms with Crippen molar-refractivity contribution < 1.29 is 49.0 Å². The highest BCUT2D eigenvalue weighted by atomic mass is 16.6. The summed E-state index contributed by atoms with van der Waals surface area (Å²) >= 11 is 0. The Bertz CT molecular complexity index is 3500. The molecule has 16 heteroatoms. The number of rotatable bonds is 16. The van der Waals surface area contributed by atoms with Gasteiger partial charge in [0.1, 0.15) is 12.2 Å². The van der Waals surface area contributed by atoms with Gasteiger partial charge in [-0.1, -0.05) is 82.6 Å². The van der Waals surface area contributed by atoms with Crippen LogP contribution in [-0.4, -0.2) is 90.2 Å². The molecule has 2 saturated heterocycles. The molecule has 4 aliphatic rings. The normalized spacial score (nSPS) is 19.3. The lowest BCUT2D eigenvalue weighted by Gasteiger charge is -2.50. The van der Waals surface area contributed by atoms with E-state index < -0.39 is 69.7 Å². The topological polar surface area (TPSA) is 204 Å². The number of hydrogen-bond acceptors (Lipinski definition) is 13. The van der Waals surface area contributed by atoms with E-state index in [1.807, 2.05) is 190 Å². The van der Waals surface area contributed by atoms with Crippen molar-refractivity contribution in [2.45, 2.75) is 169 Å². The Kier molecular flexibility index (Phi) is 17.8. The second-order valence-electron chi connectivity index (χ2n) is 25.9. The summed E-state index contributed by atoms with van der Waals surface area (Å²) in [6, 6.07) is 36.9. The van der Waals surface area contributed by atoms with E-state index >= 15 is 9.90 Å². The molecular formula is C70H80N6O10. The fourth-order valence-corrected chi connectivity index (χ4v) is 12.4. The van der Waals surface area contributed by atoms with E-state index in [-0.39, 0.29) is 59.4 Å². The minimum absolute atomic E-state index is 0.149. The van der Waals surface area contributed by atoms with Crippen molar-refractivity contribution in [2.75, 3.05) is 10.2 Å². The molecule has 9 rings (SSSR count). The molecule has 0 radical (unpaired) electrons. The van der Waals surface area contributed by atoms with Gasteiger partial charge in [0.15, 0.2) is 5.78 Å².